The minimum Gasteiger partial charge on any atom is -0.481 e. The van der Waals surface area contributed by atoms with Gasteiger partial charge in [-0.05, 0) is 44.6 Å². The van der Waals surface area contributed by atoms with Gasteiger partial charge in [-0.15, -0.1) is 0 Å². The van der Waals surface area contributed by atoms with Crippen molar-refractivity contribution >= 4 is 5.97 Å². The molecule has 1 N–H and O–H groups in total. The second-order valence-corrected chi connectivity index (χ2v) is 6.09. The molecule has 1 saturated carbocycles. The molecule has 0 aromatic heterocycles. The molecule has 1 aliphatic carbocycles. The first kappa shape index (κ1) is 17.3. The van der Waals surface area contributed by atoms with Crippen LogP contribution in [0.4, 0.5) is 13.2 Å². The van der Waals surface area contributed by atoms with Gasteiger partial charge in [0, 0.05) is 6.54 Å². The van der Waals surface area contributed by atoms with Crippen molar-refractivity contribution in [3.8, 4) is 0 Å². The number of nitrogens with zero attached hydrogens (tertiary/aromatic N) is 1. The number of halogens is 3. The van der Waals surface area contributed by atoms with E-state index in [0.29, 0.717) is 25.2 Å². The van der Waals surface area contributed by atoms with E-state index in [4.69, 9.17) is 0 Å². The van der Waals surface area contributed by atoms with Gasteiger partial charge in [0.05, 0.1) is 12.0 Å². The van der Waals surface area contributed by atoms with Crippen molar-refractivity contribution in [3.63, 3.8) is 0 Å². The van der Waals surface area contributed by atoms with Gasteiger partial charge in [0.15, 0.2) is 0 Å². The van der Waals surface area contributed by atoms with E-state index in [9.17, 15) is 23.1 Å². The molecule has 3 nitrogen and oxygen atoms in total. The fourth-order valence-corrected chi connectivity index (χ4v) is 2.97. The molecular formula is C14H24F3NO2. The molecule has 1 rings (SSSR count). The van der Waals surface area contributed by atoms with E-state index in [-0.39, 0.29) is 13.1 Å². The fraction of sp³-hybridized carbons (Fsp3) is 0.929. The molecule has 1 fully saturated rings. The quantitative estimate of drug-likeness (QED) is 0.814. The SMILES string of the molecule is CCCN(CC(F)(F)F)CC1(C(=O)O)CCC(C)CC1. The molecule has 0 radical (unpaired) electrons. The van der Waals surface area contributed by atoms with Gasteiger partial charge < -0.3 is 5.11 Å². The number of carboxylic acids is 1. The zero-order chi connectivity index (χ0) is 15.4. The number of carboxylic acid groups (broad SMARTS) is 1. The van der Waals surface area contributed by atoms with Crippen LogP contribution in [0.15, 0.2) is 0 Å². The summed E-state index contributed by atoms with van der Waals surface area (Å²) in [4.78, 5) is 12.8. The Morgan fingerprint density at radius 3 is 2.30 bits per heavy atom. The van der Waals surface area contributed by atoms with Crippen LogP contribution < -0.4 is 0 Å². The van der Waals surface area contributed by atoms with Crippen LogP contribution >= 0.6 is 0 Å². The summed E-state index contributed by atoms with van der Waals surface area (Å²) in [7, 11) is 0. The highest BCUT2D eigenvalue weighted by atomic mass is 19.4. The molecule has 0 aromatic carbocycles. The molecule has 20 heavy (non-hydrogen) atoms. The van der Waals surface area contributed by atoms with E-state index in [1.165, 1.54) is 4.90 Å². The molecule has 0 saturated heterocycles. The topological polar surface area (TPSA) is 40.5 Å². The number of hydrogen-bond acceptors (Lipinski definition) is 2. The van der Waals surface area contributed by atoms with E-state index in [1.807, 2.05) is 0 Å². The Balaban J connectivity index is 2.78. The van der Waals surface area contributed by atoms with Crippen LogP contribution in [0.5, 0.6) is 0 Å². The van der Waals surface area contributed by atoms with E-state index in [2.05, 4.69) is 6.92 Å². The van der Waals surface area contributed by atoms with Crippen LogP contribution in [0.25, 0.3) is 0 Å². The predicted molar refractivity (Wildman–Crippen MR) is 70.5 cm³/mol. The molecule has 0 aromatic rings. The molecule has 118 valence electrons. The van der Waals surface area contributed by atoms with Gasteiger partial charge in [-0.1, -0.05) is 13.8 Å². The summed E-state index contributed by atoms with van der Waals surface area (Å²) in [6.45, 7) is 3.13. The lowest BCUT2D eigenvalue weighted by Gasteiger charge is -2.39. The Morgan fingerprint density at radius 2 is 1.90 bits per heavy atom. The summed E-state index contributed by atoms with van der Waals surface area (Å²) in [6, 6.07) is 0. The molecule has 1 aliphatic rings. The third-order valence-corrected chi connectivity index (χ3v) is 4.15. The lowest BCUT2D eigenvalue weighted by molar-refractivity contribution is -0.163. The van der Waals surface area contributed by atoms with E-state index < -0.39 is 24.1 Å². The van der Waals surface area contributed by atoms with Crippen molar-refractivity contribution in [2.24, 2.45) is 11.3 Å². The molecule has 6 heteroatoms. The smallest absolute Gasteiger partial charge is 0.401 e. The Morgan fingerprint density at radius 1 is 1.35 bits per heavy atom. The molecule has 0 spiro atoms. The normalized spacial score (nSPS) is 27.8. The molecular weight excluding hydrogens is 271 g/mol. The molecule has 0 bridgehead atoms. The number of carbonyl (C=O) groups is 1. The minimum absolute atomic E-state index is 0.00238. The van der Waals surface area contributed by atoms with Gasteiger partial charge in [0.25, 0.3) is 0 Å². The van der Waals surface area contributed by atoms with Gasteiger partial charge in [0.1, 0.15) is 0 Å². The highest BCUT2D eigenvalue weighted by Gasteiger charge is 2.44. The van der Waals surface area contributed by atoms with Crippen molar-refractivity contribution in [1.82, 2.24) is 4.90 Å². The fourth-order valence-electron chi connectivity index (χ4n) is 2.97. The maximum atomic E-state index is 12.6. The lowest BCUT2D eigenvalue weighted by Crippen LogP contribution is -2.48. The van der Waals surface area contributed by atoms with Crippen LogP contribution in [0.3, 0.4) is 0 Å². The summed E-state index contributed by atoms with van der Waals surface area (Å²) >= 11 is 0. The van der Waals surface area contributed by atoms with E-state index in [1.54, 1.807) is 6.92 Å². The van der Waals surface area contributed by atoms with Gasteiger partial charge >= 0.3 is 12.1 Å². The van der Waals surface area contributed by atoms with Crippen molar-refractivity contribution in [2.45, 2.75) is 52.1 Å². The highest BCUT2D eigenvalue weighted by molar-refractivity contribution is 5.75. The van der Waals surface area contributed by atoms with Crippen LogP contribution in [0, 0.1) is 11.3 Å². The summed E-state index contributed by atoms with van der Waals surface area (Å²) < 4.78 is 37.7. The second-order valence-electron chi connectivity index (χ2n) is 6.09. The standard InChI is InChI=1S/C14H24F3NO2/c1-3-8-18(10-14(15,16)17)9-13(12(19)20)6-4-11(2)5-7-13/h11H,3-10H2,1-2H3,(H,19,20). The molecule has 0 aliphatic heterocycles. The van der Waals surface area contributed by atoms with Gasteiger partial charge in [0.2, 0.25) is 0 Å². The van der Waals surface area contributed by atoms with Crippen LogP contribution in [0.1, 0.15) is 46.0 Å². The number of rotatable bonds is 6. The van der Waals surface area contributed by atoms with Crippen molar-refractivity contribution in [2.75, 3.05) is 19.6 Å². The number of alkyl halides is 3. The second kappa shape index (κ2) is 6.78. The minimum atomic E-state index is -4.28. The Hall–Kier alpha value is -0.780. The summed E-state index contributed by atoms with van der Waals surface area (Å²) in [6.07, 6.45) is -1.20. The number of aliphatic carboxylic acids is 1. The predicted octanol–water partition coefficient (Wildman–Crippen LogP) is 3.54. The van der Waals surface area contributed by atoms with Gasteiger partial charge in [-0.2, -0.15) is 13.2 Å². The van der Waals surface area contributed by atoms with E-state index in [0.717, 1.165) is 12.8 Å². The Kier molecular flexibility index (Phi) is 5.86. The van der Waals surface area contributed by atoms with E-state index >= 15 is 0 Å². The Bertz CT molecular complexity index is 323. The molecule has 0 atom stereocenters. The first-order valence-electron chi connectivity index (χ1n) is 7.21. The monoisotopic (exact) mass is 295 g/mol. The maximum absolute atomic E-state index is 12.6. The first-order chi connectivity index (χ1) is 9.18. The van der Waals surface area contributed by atoms with Gasteiger partial charge in [-0.3, -0.25) is 9.69 Å². The van der Waals surface area contributed by atoms with Crippen molar-refractivity contribution < 1.29 is 23.1 Å². The Labute approximate surface area is 118 Å². The van der Waals surface area contributed by atoms with Crippen LogP contribution in [-0.4, -0.2) is 41.8 Å². The average molecular weight is 295 g/mol. The van der Waals surface area contributed by atoms with Crippen molar-refractivity contribution in [3.05, 3.63) is 0 Å². The largest absolute Gasteiger partial charge is 0.481 e. The third-order valence-electron chi connectivity index (χ3n) is 4.15. The number of hydrogen-bond donors (Lipinski definition) is 1. The average Bonchev–Trinajstić information content (AvgIpc) is 2.30. The highest BCUT2D eigenvalue weighted by Crippen LogP contribution is 2.40. The van der Waals surface area contributed by atoms with Crippen LogP contribution in [-0.2, 0) is 4.79 Å². The first-order valence-corrected chi connectivity index (χ1v) is 7.21. The van der Waals surface area contributed by atoms with Gasteiger partial charge in [-0.25, -0.2) is 0 Å². The summed E-state index contributed by atoms with van der Waals surface area (Å²) in [5, 5.41) is 9.48. The van der Waals surface area contributed by atoms with Crippen LogP contribution in [0.2, 0.25) is 0 Å². The summed E-state index contributed by atoms with van der Waals surface area (Å²) in [5.74, 6) is -0.489. The zero-order valence-electron chi connectivity index (χ0n) is 12.2. The zero-order valence-corrected chi connectivity index (χ0v) is 12.2. The maximum Gasteiger partial charge on any atom is 0.401 e. The molecule has 0 unspecified atom stereocenters. The molecule has 0 heterocycles. The summed E-state index contributed by atoms with van der Waals surface area (Å²) in [5.41, 5.74) is -1.01. The lowest BCUT2D eigenvalue weighted by atomic mass is 9.70. The van der Waals surface area contributed by atoms with Crippen molar-refractivity contribution in [1.29, 1.82) is 0 Å². The third kappa shape index (κ3) is 4.96. The molecule has 0 amide bonds.